The fourth-order valence-corrected chi connectivity index (χ4v) is 2.77. The first-order valence-electron chi connectivity index (χ1n) is 7.73. The quantitative estimate of drug-likeness (QED) is 0.840. The lowest BCUT2D eigenvalue weighted by molar-refractivity contribution is -0.133. The van der Waals surface area contributed by atoms with Gasteiger partial charge in [-0.3, -0.25) is 14.4 Å². The molecule has 2 aromatic heterocycles. The van der Waals surface area contributed by atoms with Gasteiger partial charge in [0.25, 0.3) is 0 Å². The van der Waals surface area contributed by atoms with E-state index in [0.29, 0.717) is 13.0 Å². The van der Waals surface area contributed by atoms with Crippen molar-refractivity contribution in [2.24, 2.45) is 0 Å². The zero-order valence-corrected chi connectivity index (χ0v) is 12.9. The van der Waals surface area contributed by atoms with Crippen LogP contribution >= 0.6 is 0 Å². The number of aromatic nitrogens is 2. The van der Waals surface area contributed by atoms with Crippen LogP contribution in [0.15, 0.2) is 35.1 Å². The molecule has 0 aliphatic carbocycles. The topological polar surface area (TPSA) is 54.5 Å². The lowest BCUT2D eigenvalue weighted by Crippen LogP contribution is -2.48. The zero-order chi connectivity index (χ0) is 15.4. The second-order valence-corrected chi connectivity index (χ2v) is 5.68. The summed E-state index contributed by atoms with van der Waals surface area (Å²) in [7, 11) is 0. The minimum atomic E-state index is 0.215. The van der Waals surface area contributed by atoms with E-state index in [1.54, 1.807) is 12.5 Å². The third-order valence-electron chi connectivity index (χ3n) is 4.15. The SMILES string of the molecule is Cc1ccnn1CCC(=O)N1CCN(Cc2ccco2)CC1. The Hall–Kier alpha value is -2.08. The Morgan fingerprint density at radius 2 is 2.09 bits per heavy atom. The van der Waals surface area contributed by atoms with E-state index in [1.165, 1.54) is 0 Å². The van der Waals surface area contributed by atoms with Gasteiger partial charge in [0.2, 0.25) is 5.91 Å². The maximum Gasteiger partial charge on any atom is 0.224 e. The molecular formula is C16H22N4O2. The number of aryl methyl sites for hydroxylation is 2. The van der Waals surface area contributed by atoms with E-state index < -0.39 is 0 Å². The van der Waals surface area contributed by atoms with E-state index in [1.807, 2.05) is 34.7 Å². The van der Waals surface area contributed by atoms with Crippen molar-refractivity contribution in [1.82, 2.24) is 19.6 Å². The van der Waals surface area contributed by atoms with Crippen molar-refractivity contribution < 1.29 is 9.21 Å². The number of carbonyl (C=O) groups is 1. The van der Waals surface area contributed by atoms with Gasteiger partial charge < -0.3 is 9.32 Å². The second kappa shape index (κ2) is 6.79. The van der Waals surface area contributed by atoms with Crippen molar-refractivity contribution >= 4 is 5.91 Å². The summed E-state index contributed by atoms with van der Waals surface area (Å²) in [5.74, 6) is 1.20. The van der Waals surface area contributed by atoms with Gasteiger partial charge in [0, 0.05) is 51.0 Å². The van der Waals surface area contributed by atoms with Gasteiger partial charge in [-0.25, -0.2) is 0 Å². The molecule has 0 aromatic carbocycles. The van der Waals surface area contributed by atoms with Gasteiger partial charge in [0.15, 0.2) is 0 Å². The first-order chi connectivity index (χ1) is 10.7. The predicted octanol–water partition coefficient (Wildman–Crippen LogP) is 1.52. The highest BCUT2D eigenvalue weighted by Gasteiger charge is 2.21. The third kappa shape index (κ3) is 3.57. The van der Waals surface area contributed by atoms with Crippen LogP contribution in [0.5, 0.6) is 0 Å². The lowest BCUT2D eigenvalue weighted by Gasteiger charge is -2.34. The second-order valence-electron chi connectivity index (χ2n) is 5.68. The lowest BCUT2D eigenvalue weighted by atomic mass is 10.2. The molecule has 22 heavy (non-hydrogen) atoms. The van der Waals surface area contributed by atoms with Crippen molar-refractivity contribution in [2.45, 2.75) is 26.4 Å². The highest BCUT2D eigenvalue weighted by atomic mass is 16.3. The summed E-state index contributed by atoms with van der Waals surface area (Å²) in [5, 5.41) is 4.21. The largest absolute Gasteiger partial charge is 0.468 e. The molecule has 2 aromatic rings. The van der Waals surface area contributed by atoms with Crippen LogP contribution in [-0.4, -0.2) is 51.7 Å². The van der Waals surface area contributed by atoms with Gasteiger partial charge in [-0.1, -0.05) is 0 Å². The summed E-state index contributed by atoms with van der Waals surface area (Å²) in [6.45, 7) is 6.85. The Kier molecular flexibility index (Phi) is 4.58. The zero-order valence-electron chi connectivity index (χ0n) is 12.9. The molecule has 0 radical (unpaired) electrons. The maximum absolute atomic E-state index is 12.3. The van der Waals surface area contributed by atoms with Crippen molar-refractivity contribution in [3.05, 3.63) is 42.1 Å². The smallest absolute Gasteiger partial charge is 0.224 e. The predicted molar refractivity (Wildman–Crippen MR) is 82.1 cm³/mol. The molecule has 0 N–H and O–H groups in total. The van der Waals surface area contributed by atoms with E-state index in [-0.39, 0.29) is 5.91 Å². The number of furan rings is 1. The summed E-state index contributed by atoms with van der Waals surface area (Å²) in [5.41, 5.74) is 1.09. The fraction of sp³-hybridized carbons (Fsp3) is 0.500. The summed E-state index contributed by atoms with van der Waals surface area (Å²) in [4.78, 5) is 16.6. The minimum absolute atomic E-state index is 0.215. The van der Waals surface area contributed by atoms with Crippen LogP contribution in [0.3, 0.4) is 0 Å². The van der Waals surface area contributed by atoms with Crippen LogP contribution in [0.2, 0.25) is 0 Å². The van der Waals surface area contributed by atoms with Crippen LogP contribution in [0.25, 0.3) is 0 Å². The Bertz CT molecular complexity index is 597. The van der Waals surface area contributed by atoms with E-state index in [2.05, 4.69) is 10.00 Å². The Balaban J connectivity index is 1.42. The molecule has 118 valence electrons. The first kappa shape index (κ1) is 14.8. The van der Waals surface area contributed by atoms with Gasteiger partial charge in [-0.2, -0.15) is 5.10 Å². The molecule has 6 heteroatoms. The van der Waals surface area contributed by atoms with Gasteiger partial charge in [-0.15, -0.1) is 0 Å². The molecule has 0 saturated carbocycles. The molecular weight excluding hydrogens is 280 g/mol. The number of hydrogen-bond donors (Lipinski definition) is 0. The molecule has 1 aliphatic heterocycles. The average Bonchev–Trinajstić information content (AvgIpc) is 3.17. The van der Waals surface area contributed by atoms with Crippen LogP contribution in [0, 0.1) is 6.92 Å². The highest BCUT2D eigenvalue weighted by Crippen LogP contribution is 2.10. The molecule has 0 unspecified atom stereocenters. The van der Waals surface area contributed by atoms with Gasteiger partial charge in [-0.05, 0) is 25.1 Å². The third-order valence-corrected chi connectivity index (χ3v) is 4.15. The Morgan fingerprint density at radius 1 is 1.27 bits per heavy atom. The van der Waals surface area contributed by atoms with E-state index in [4.69, 9.17) is 4.42 Å². The molecule has 3 heterocycles. The maximum atomic E-state index is 12.3. The summed E-state index contributed by atoms with van der Waals surface area (Å²) >= 11 is 0. The molecule has 1 aliphatic rings. The summed E-state index contributed by atoms with van der Waals surface area (Å²) < 4.78 is 7.25. The van der Waals surface area contributed by atoms with Crippen LogP contribution in [0.1, 0.15) is 17.9 Å². The minimum Gasteiger partial charge on any atom is -0.468 e. The van der Waals surface area contributed by atoms with Crippen LogP contribution in [0.4, 0.5) is 0 Å². The number of rotatable bonds is 5. The molecule has 0 atom stereocenters. The van der Waals surface area contributed by atoms with Crippen LogP contribution in [-0.2, 0) is 17.9 Å². The highest BCUT2D eigenvalue weighted by molar-refractivity contribution is 5.76. The monoisotopic (exact) mass is 302 g/mol. The van der Waals surface area contributed by atoms with E-state index in [9.17, 15) is 4.79 Å². The van der Waals surface area contributed by atoms with Crippen molar-refractivity contribution in [3.8, 4) is 0 Å². The average molecular weight is 302 g/mol. The van der Waals surface area contributed by atoms with Gasteiger partial charge >= 0.3 is 0 Å². The Morgan fingerprint density at radius 3 is 2.73 bits per heavy atom. The van der Waals surface area contributed by atoms with Crippen LogP contribution < -0.4 is 0 Å². The molecule has 3 rings (SSSR count). The van der Waals surface area contributed by atoms with E-state index >= 15 is 0 Å². The number of hydrogen-bond acceptors (Lipinski definition) is 4. The number of nitrogens with zero attached hydrogens (tertiary/aromatic N) is 4. The first-order valence-corrected chi connectivity index (χ1v) is 7.73. The molecule has 1 fully saturated rings. The standard InChI is InChI=1S/C16H22N4O2/c1-14-4-6-17-20(14)7-5-16(21)19-10-8-18(9-11-19)13-15-3-2-12-22-15/h2-4,6,12H,5,7-11,13H2,1H3. The van der Waals surface area contributed by atoms with Crippen molar-refractivity contribution in [1.29, 1.82) is 0 Å². The summed E-state index contributed by atoms with van der Waals surface area (Å²) in [6.07, 6.45) is 3.99. The Labute approximate surface area is 130 Å². The number of amides is 1. The van der Waals surface area contributed by atoms with Gasteiger partial charge in [0.05, 0.1) is 12.8 Å². The molecule has 6 nitrogen and oxygen atoms in total. The fourth-order valence-electron chi connectivity index (χ4n) is 2.77. The number of piperazine rings is 1. The molecule has 0 bridgehead atoms. The number of carbonyl (C=O) groups excluding carboxylic acids is 1. The summed E-state index contributed by atoms with van der Waals surface area (Å²) in [6, 6.07) is 5.86. The molecule has 1 saturated heterocycles. The molecule has 1 amide bonds. The van der Waals surface area contributed by atoms with E-state index in [0.717, 1.165) is 44.2 Å². The normalized spacial score (nSPS) is 16.1. The van der Waals surface area contributed by atoms with Crippen molar-refractivity contribution in [3.63, 3.8) is 0 Å². The van der Waals surface area contributed by atoms with Gasteiger partial charge in [0.1, 0.15) is 5.76 Å². The van der Waals surface area contributed by atoms with Crippen molar-refractivity contribution in [2.75, 3.05) is 26.2 Å². The molecule has 0 spiro atoms.